The lowest BCUT2D eigenvalue weighted by atomic mass is 10.1. The highest BCUT2D eigenvalue weighted by atomic mass is 16.1. The zero-order chi connectivity index (χ0) is 15.4. The van der Waals surface area contributed by atoms with Crippen LogP contribution in [0.5, 0.6) is 0 Å². The Hall–Kier alpha value is -2.49. The number of amides is 1. The Labute approximate surface area is 130 Å². The van der Waals surface area contributed by atoms with Crippen molar-refractivity contribution in [3.05, 3.63) is 54.1 Å². The van der Waals surface area contributed by atoms with Gasteiger partial charge in [-0.3, -0.25) is 4.79 Å². The van der Waals surface area contributed by atoms with Crippen LogP contribution in [0.25, 0.3) is 0 Å². The predicted molar refractivity (Wildman–Crippen MR) is 91.1 cm³/mol. The molecule has 1 aliphatic rings. The third-order valence-electron chi connectivity index (χ3n) is 3.94. The molecule has 1 aliphatic heterocycles. The molecule has 4 nitrogen and oxygen atoms in total. The van der Waals surface area contributed by atoms with Gasteiger partial charge >= 0.3 is 0 Å². The number of hydrogen-bond acceptors (Lipinski definition) is 3. The van der Waals surface area contributed by atoms with Gasteiger partial charge in [-0.1, -0.05) is 24.3 Å². The molecule has 1 amide bonds. The van der Waals surface area contributed by atoms with Gasteiger partial charge in [-0.05, 0) is 42.7 Å². The quantitative estimate of drug-likeness (QED) is 0.852. The van der Waals surface area contributed by atoms with E-state index in [1.807, 2.05) is 42.5 Å². The number of carbonyl (C=O) groups is 1. The van der Waals surface area contributed by atoms with Gasteiger partial charge < -0.3 is 16.0 Å². The summed E-state index contributed by atoms with van der Waals surface area (Å²) in [5.74, 6) is -0.0164. The van der Waals surface area contributed by atoms with Gasteiger partial charge in [0.15, 0.2) is 0 Å². The van der Waals surface area contributed by atoms with Crippen LogP contribution in [0.4, 0.5) is 17.1 Å². The smallest absolute Gasteiger partial charge is 0.228 e. The zero-order valence-corrected chi connectivity index (χ0v) is 12.6. The van der Waals surface area contributed by atoms with Gasteiger partial charge in [0.2, 0.25) is 5.91 Å². The summed E-state index contributed by atoms with van der Waals surface area (Å²) in [4.78, 5) is 14.6. The molecule has 4 heteroatoms. The fourth-order valence-corrected chi connectivity index (χ4v) is 2.90. The topological polar surface area (TPSA) is 58.4 Å². The van der Waals surface area contributed by atoms with Gasteiger partial charge in [-0.15, -0.1) is 0 Å². The number of benzene rings is 2. The molecule has 2 aromatic rings. The molecule has 0 unspecified atom stereocenters. The van der Waals surface area contributed by atoms with Gasteiger partial charge in [0.25, 0.3) is 0 Å². The highest BCUT2D eigenvalue weighted by Gasteiger charge is 2.16. The number of hydrogen-bond donors (Lipinski definition) is 2. The Kier molecular flexibility index (Phi) is 4.28. The van der Waals surface area contributed by atoms with Crippen molar-refractivity contribution in [3.63, 3.8) is 0 Å². The van der Waals surface area contributed by atoms with Crippen LogP contribution < -0.4 is 16.0 Å². The molecule has 1 saturated heterocycles. The van der Waals surface area contributed by atoms with Crippen LogP contribution in [0.3, 0.4) is 0 Å². The van der Waals surface area contributed by atoms with Crippen LogP contribution in [-0.2, 0) is 11.2 Å². The summed E-state index contributed by atoms with van der Waals surface area (Å²) in [6.45, 7) is 2.12. The number of nitrogens with one attached hydrogen (secondary N) is 1. The number of anilines is 3. The van der Waals surface area contributed by atoms with Gasteiger partial charge in [0.1, 0.15) is 0 Å². The summed E-state index contributed by atoms with van der Waals surface area (Å²) < 4.78 is 0. The van der Waals surface area contributed by atoms with Crippen molar-refractivity contribution in [1.29, 1.82) is 0 Å². The molecule has 1 heterocycles. The standard InChI is InChI=1S/C18H21N3O/c19-15-7-5-6-14(12-15)13-18(22)20-16-8-1-2-9-17(16)21-10-3-4-11-21/h1-2,5-9,12H,3-4,10-11,13,19H2,(H,20,22). The average molecular weight is 295 g/mol. The van der Waals surface area contributed by atoms with Crippen molar-refractivity contribution in [2.24, 2.45) is 0 Å². The van der Waals surface area contributed by atoms with E-state index in [1.54, 1.807) is 0 Å². The van der Waals surface area contributed by atoms with Crippen LogP contribution in [0, 0.1) is 0 Å². The van der Waals surface area contributed by atoms with Crippen LogP contribution in [0.15, 0.2) is 48.5 Å². The summed E-state index contributed by atoms with van der Waals surface area (Å²) in [7, 11) is 0. The number of nitrogens with two attached hydrogens (primary N) is 1. The molecular weight excluding hydrogens is 274 g/mol. The van der Waals surface area contributed by atoms with Crippen LogP contribution in [0.2, 0.25) is 0 Å². The van der Waals surface area contributed by atoms with Crippen LogP contribution in [0.1, 0.15) is 18.4 Å². The minimum atomic E-state index is -0.0164. The lowest BCUT2D eigenvalue weighted by molar-refractivity contribution is -0.115. The molecule has 3 rings (SSSR count). The second-order valence-corrected chi connectivity index (χ2v) is 5.68. The maximum atomic E-state index is 12.3. The number of rotatable bonds is 4. The average Bonchev–Trinajstić information content (AvgIpc) is 3.02. The van der Waals surface area contributed by atoms with Crippen molar-refractivity contribution in [2.75, 3.05) is 29.0 Å². The summed E-state index contributed by atoms with van der Waals surface area (Å²) in [6, 6.07) is 15.5. The number of nitrogen functional groups attached to an aromatic ring is 1. The van der Waals surface area contributed by atoms with E-state index in [9.17, 15) is 4.79 Å². The minimum absolute atomic E-state index is 0.0164. The molecule has 0 radical (unpaired) electrons. The normalized spacial score (nSPS) is 14.1. The lowest BCUT2D eigenvalue weighted by Gasteiger charge is -2.21. The van der Waals surface area contributed by atoms with Crippen molar-refractivity contribution in [3.8, 4) is 0 Å². The van der Waals surface area contributed by atoms with Crippen molar-refractivity contribution < 1.29 is 4.79 Å². The molecule has 0 saturated carbocycles. The number of nitrogens with zero attached hydrogens (tertiary/aromatic N) is 1. The van der Waals surface area contributed by atoms with E-state index >= 15 is 0 Å². The highest BCUT2D eigenvalue weighted by Crippen LogP contribution is 2.28. The minimum Gasteiger partial charge on any atom is -0.399 e. The molecule has 0 bridgehead atoms. The van der Waals surface area contributed by atoms with Gasteiger partial charge in [-0.25, -0.2) is 0 Å². The highest BCUT2D eigenvalue weighted by molar-refractivity contribution is 5.95. The Morgan fingerprint density at radius 3 is 2.64 bits per heavy atom. The maximum absolute atomic E-state index is 12.3. The third-order valence-corrected chi connectivity index (χ3v) is 3.94. The van der Waals surface area contributed by atoms with Crippen LogP contribution in [-0.4, -0.2) is 19.0 Å². The van der Waals surface area contributed by atoms with Gasteiger partial charge in [0.05, 0.1) is 17.8 Å². The number of para-hydroxylation sites is 2. The monoisotopic (exact) mass is 295 g/mol. The first-order valence-corrected chi connectivity index (χ1v) is 7.70. The third kappa shape index (κ3) is 3.39. The van der Waals surface area contributed by atoms with E-state index in [0.717, 1.165) is 30.0 Å². The summed E-state index contributed by atoms with van der Waals surface area (Å²) in [6.07, 6.45) is 2.76. The summed E-state index contributed by atoms with van der Waals surface area (Å²) >= 11 is 0. The largest absolute Gasteiger partial charge is 0.399 e. The first-order chi connectivity index (χ1) is 10.7. The van der Waals surface area contributed by atoms with Crippen molar-refractivity contribution >= 4 is 23.0 Å². The molecule has 114 valence electrons. The first kappa shape index (κ1) is 14.4. The van der Waals surface area contributed by atoms with E-state index < -0.39 is 0 Å². The maximum Gasteiger partial charge on any atom is 0.228 e. The number of carbonyl (C=O) groups excluding carboxylic acids is 1. The van der Waals surface area contributed by atoms with E-state index in [-0.39, 0.29) is 5.91 Å². The molecule has 0 spiro atoms. The Balaban J connectivity index is 1.71. The predicted octanol–water partition coefficient (Wildman–Crippen LogP) is 3.05. The first-order valence-electron chi connectivity index (χ1n) is 7.70. The molecule has 2 aromatic carbocycles. The fourth-order valence-electron chi connectivity index (χ4n) is 2.90. The van der Waals surface area contributed by atoms with Gasteiger partial charge in [-0.2, -0.15) is 0 Å². The SMILES string of the molecule is Nc1cccc(CC(=O)Nc2ccccc2N2CCCC2)c1. The van der Waals surface area contributed by atoms with Crippen molar-refractivity contribution in [1.82, 2.24) is 0 Å². The Morgan fingerprint density at radius 2 is 1.86 bits per heavy atom. The lowest BCUT2D eigenvalue weighted by Crippen LogP contribution is -2.21. The second-order valence-electron chi connectivity index (χ2n) is 5.68. The Bertz CT molecular complexity index is 663. The summed E-state index contributed by atoms with van der Waals surface area (Å²) in [5, 5.41) is 3.03. The van der Waals surface area contributed by atoms with Crippen molar-refractivity contribution in [2.45, 2.75) is 19.3 Å². The fraction of sp³-hybridized carbons (Fsp3) is 0.278. The summed E-state index contributed by atoms with van der Waals surface area (Å²) in [5.41, 5.74) is 9.36. The molecule has 0 aromatic heterocycles. The van der Waals surface area contributed by atoms with Gasteiger partial charge in [0, 0.05) is 18.8 Å². The second kappa shape index (κ2) is 6.52. The molecular formula is C18H21N3O. The molecule has 0 atom stereocenters. The van der Waals surface area contributed by atoms with E-state index in [2.05, 4.69) is 16.3 Å². The molecule has 22 heavy (non-hydrogen) atoms. The molecule has 1 fully saturated rings. The van der Waals surface area contributed by atoms with E-state index in [1.165, 1.54) is 12.8 Å². The van der Waals surface area contributed by atoms with E-state index in [4.69, 9.17) is 5.73 Å². The zero-order valence-electron chi connectivity index (χ0n) is 12.6. The molecule has 0 aliphatic carbocycles. The van der Waals surface area contributed by atoms with E-state index in [0.29, 0.717) is 12.1 Å². The van der Waals surface area contributed by atoms with Crippen LogP contribution >= 0.6 is 0 Å². The Morgan fingerprint density at radius 1 is 1.09 bits per heavy atom. The molecule has 3 N–H and O–H groups in total.